The number of hydrogen-bond donors (Lipinski definition) is 1. The monoisotopic (exact) mass is 419 g/mol. The Bertz CT molecular complexity index is 1130. The van der Waals surface area contributed by atoms with E-state index in [1.54, 1.807) is 19.2 Å². The topological polar surface area (TPSA) is 78.5 Å². The first-order valence-electron chi connectivity index (χ1n) is 10.3. The molecule has 160 valence electrons. The quantitative estimate of drug-likeness (QED) is 0.392. The average molecular weight is 419 g/mol. The Balaban J connectivity index is 1.37. The van der Waals surface area contributed by atoms with Gasteiger partial charge in [0.25, 0.3) is 5.91 Å². The standard InChI is InChI=1S/C24H25N3O4/c1-29-18-7-4-8-19(17-18)30-16-14-27-21-10-3-2-9-20(21)26-23(27)12-5-13-25-24(28)22-11-6-15-31-22/h2-4,6-11,15,17H,5,12-14,16H2,1H3,(H,25,28). The molecular weight excluding hydrogens is 394 g/mol. The summed E-state index contributed by atoms with van der Waals surface area (Å²) in [6.07, 6.45) is 3.00. The van der Waals surface area contributed by atoms with Gasteiger partial charge in [0.1, 0.15) is 23.9 Å². The minimum atomic E-state index is -0.204. The van der Waals surface area contributed by atoms with Crippen molar-refractivity contribution in [1.82, 2.24) is 14.9 Å². The molecule has 4 aromatic rings. The first kappa shape index (κ1) is 20.5. The Kier molecular flexibility index (Phi) is 6.52. The van der Waals surface area contributed by atoms with E-state index in [1.807, 2.05) is 42.5 Å². The smallest absolute Gasteiger partial charge is 0.286 e. The molecule has 0 unspecified atom stereocenters. The zero-order valence-corrected chi connectivity index (χ0v) is 17.4. The van der Waals surface area contributed by atoms with Crippen molar-refractivity contribution in [2.24, 2.45) is 0 Å². The van der Waals surface area contributed by atoms with Gasteiger partial charge >= 0.3 is 0 Å². The number of nitrogens with zero attached hydrogens (tertiary/aromatic N) is 2. The van der Waals surface area contributed by atoms with Crippen LogP contribution in [-0.4, -0.2) is 35.7 Å². The number of nitrogens with one attached hydrogen (secondary N) is 1. The Hall–Kier alpha value is -3.74. The molecule has 0 aliphatic rings. The number of hydrogen-bond acceptors (Lipinski definition) is 5. The number of benzene rings is 2. The van der Waals surface area contributed by atoms with Crippen LogP contribution < -0.4 is 14.8 Å². The fraction of sp³-hybridized carbons (Fsp3) is 0.250. The molecule has 0 bridgehead atoms. The van der Waals surface area contributed by atoms with Crippen molar-refractivity contribution in [3.8, 4) is 11.5 Å². The van der Waals surface area contributed by atoms with E-state index in [0.717, 1.165) is 41.2 Å². The van der Waals surface area contributed by atoms with E-state index in [0.29, 0.717) is 25.5 Å². The highest BCUT2D eigenvalue weighted by molar-refractivity contribution is 5.91. The van der Waals surface area contributed by atoms with Gasteiger partial charge in [0, 0.05) is 19.0 Å². The maximum absolute atomic E-state index is 12.0. The summed E-state index contributed by atoms with van der Waals surface area (Å²) in [7, 11) is 1.64. The van der Waals surface area contributed by atoms with E-state index in [1.165, 1.54) is 6.26 Å². The van der Waals surface area contributed by atoms with Crippen molar-refractivity contribution in [1.29, 1.82) is 0 Å². The summed E-state index contributed by atoms with van der Waals surface area (Å²) >= 11 is 0. The lowest BCUT2D eigenvalue weighted by Gasteiger charge is -2.12. The Labute approximate surface area is 180 Å². The molecule has 0 fully saturated rings. The Morgan fingerprint density at radius 1 is 1.10 bits per heavy atom. The molecular formula is C24H25N3O4. The molecule has 2 aromatic heterocycles. The second kappa shape index (κ2) is 9.84. The van der Waals surface area contributed by atoms with Gasteiger partial charge in [-0.1, -0.05) is 18.2 Å². The number of carbonyl (C=O) groups is 1. The number of imidazole rings is 1. The number of fused-ring (bicyclic) bond motifs is 1. The predicted octanol–water partition coefficient (Wildman–Crippen LogP) is 4.08. The van der Waals surface area contributed by atoms with Gasteiger partial charge in [-0.3, -0.25) is 4.79 Å². The molecule has 7 nitrogen and oxygen atoms in total. The van der Waals surface area contributed by atoms with E-state index < -0.39 is 0 Å². The molecule has 1 N–H and O–H groups in total. The summed E-state index contributed by atoms with van der Waals surface area (Å²) in [6, 6.07) is 19.0. The summed E-state index contributed by atoms with van der Waals surface area (Å²) in [4.78, 5) is 16.8. The van der Waals surface area contributed by atoms with Crippen LogP contribution in [0.3, 0.4) is 0 Å². The van der Waals surface area contributed by atoms with Crippen LogP contribution in [-0.2, 0) is 13.0 Å². The van der Waals surface area contributed by atoms with Gasteiger partial charge in [0.15, 0.2) is 5.76 Å². The highest BCUT2D eigenvalue weighted by Gasteiger charge is 2.12. The lowest BCUT2D eigenvalue weighted by Crippen LogP contribution is -2.24. The maximum Gasteiger partial charge on any atom is 0.286 e. The SMILES string of the molecule is COc1cccc(OCCn2c(CCCNC(=O)c3ccco3)nc3ccccc32)c1. The van der Waals surface area contributed by atoms with Gasteiger partial charge in [-0.25, -0.2) is 4.98 Å². The predicted molar refractivity (Wildman–Crippen MR) is 118 cm³/mol. The molecule has 0 saturated heterocycles. The first-order valence-corrected chi connectivity index (χ1v) is 10.3. The largest absolute Gasteiger partial charge is 0.497 e. The van der Waals surface area contributed by atoms with Gasteiger partial charge < -0.3 is 23.8 Å². The van der Waals surface area contributed by atoms with Gasteiger partial charge in [-0.2, -0.15) is 0 Å². The first-order chi connectivity index (χ1) is 15.2. The molecule has 4 rings (SSSR count). The van der Waals surface area contributed by atoms with Gasteiger partial charge in [-0.15, -0.1) is 0 Å². The maximum atomic E-state index is 12.0. The van der Waals surface area contributed by atoms with Gasteiger partial charge in [0.05, 0.1) is 31.0 Å². The molecule has 0 spiro atoms. The van der Waals surface area contributed by atoms with Crippen molar-refractivity contribution in [3.63, 3.8) is 0 Å². The fourth-order valence-corrected chi connectivity index (χ4v) is 3.45. The fourth-order valence-electron chi connectivity index (χ4n) is 3.45. The van der Waals surface area contributed by atoms with Gasteiger partial charge in [-0.05, 0) is 42.8 Å². The minimum Gasteiger partial charge on any atom is -0.497 e. The van der Waals surface area contributed by atoms with E-state index in [4.69, 9.17) is 18.9 Å². The molecule has 0 aliphatic heterocycles. The van der Waals surface area contributed by atoms with Crippen molar-refractivity contribution < 1.29 is 18.7 Å². The van der Waals surface area contributed by atoms with Crippen molar-refractivity contribution >= 4 is 16.9 Å². The lowest BCUT2D eigenvalue weighted by atomic mass is 10.3. The summed E-state index contributed by atoms with van der Waals surface area (Å²) in [5.74, 6) is 2.63. The van der Waals surface area contributed by atoms with E-state index in [9.17, 15) is 4.79 Å². The number of furan rings is 1. The molecule has 2 heterocycles. The second-order valence-corrected chi connectivity index (χ2v) is 7.03. The van der Waals surface area contributed by atoms with E-state index >= 15 is 0 Å². The van der Waals surface area contributed by atoms with Crippen LogP contribution in [0, 0.1) is 0 Å². The second-order valence-electron chi connectivity index (χ2n) is 7.03. The van der Waals surface area contributed by atoms with Crippen LogP contribution >= 0.6 is 0 Å². The van der Waals surface area contributed by atoms with Crippen LogP contribution in [0.15, 0.2) is 71.3 Å². The van der Waals surface area contributed by atoms with Crippen LogP contribution in [0.1, 0.15) is 22.8 Å². The van der Waals surface area contributed by atoms with Crippen LogP contribution in [0.4, 0.5) is 0 Å². The molecule has 7 heteroatoms. The molecule has 0 saturated carbocycles. The third kappa shape index (κ3) is 5.06. The summed E-state index contributed by atoms with van der Waals surface area (Å²) in [5.41, 5.74) is 2.03. The summed E-state index contributed by atoms with van der Waals surface area (Å²) < 4.78 is 18.5. The number of amides is 1. The molecule has 1 amide bonds. The number of aryl methyl sites for hydroxylation is 1. The number of ether oxygens (including phenoxy) is 2. The average Bonchev–Trinajstić information content (AvgIpc) is 3.45. The zero-order valence-electron chi connectivity index (χ0n) is 17.4. The van der Waals surface area contributed by atoms with Crippen LogP contribution in [0.5, 0.6) is 11.5 Å². The number of rotatable bonds is 10. The molecule has 0 radical (unpaired) electrons. The molecule has 2 aromatic carbocycles. The normalized spacial score (nSPS) is 10.9. The molecule has 0 aliphatic carbocycles. The highest BCUT2D eigenvalue weighted by atomic mass is 16.5. The minimum absolute atomic E-state index is 0.204. The molecule has 0 atom stereocenters. The Morgan fingerprint density at radius 2 is 1.97 bits per heavy atom. The molecule has 31 heavy (non-hydrogen) atoms. The van der Waals surface area contributed by atoms with E-state index in [-0.39, 0.29) is 5.91 Å². The number of aromatic nitrogens is 2. The van der Waals surface area contributed by atoms with E-state index in [2.05, 4.69) is 16.0 Å². The number of methoxy groups -OCH3 is 1. The summed E-state index contributed by atoms with van der Waals surface area (Å²) in [5, 5.41) is 2.88. The third-order valence-electron chi connectivity index (χ3n) is 4.97. The Morgan fingerprint density at radius 3 is 2.81 bits per heavy atom. The lowest BCUT2D eigenvalue weighted by molar-refractivity contribution is 0.0925. The van der Waals surface area contributed by atoms with Crippen LogP contribution in [0.2, 0.25) is 0 Å². The zero-order chi connectivity index (χ0) is 21.5. The number of para-hydroxylation sites is 2. The highest BCUT2D eigenvalue weighted by Crippen LogP contribution is 2.20. The van der Waals surface area contributed by atoms with Crippen molar-refractivity contribution in [2.45, 2.75) is 19.4 Å². The van der Waals surface area contributed by atoms with Crippen molar-refractivity contribution in [3.05, 3.63) is 78.5 Å². The number of carbonyl (C=O) groups excluding carboxylic acids is 1. The van der Waals surface area contributed by atoms with Crippen LogP contribution in [0.25, 0.3) is 11.0 Å². The third-order valence-corrected chi connectivity index (χ3v) is 4.97. The van der Waals surface area contributed by atoms with Gasteiger partial charge in [0.2, 0.25) is 0 Å². The summed E-state index contributed by atoms with van der Waals surface area (Å²) in [6.45, 7) is 1.73. The van der Waals surface area contributed by atoms with Crippen molar-refractivity contribution in [2.75, 3.05) is 20.3 Å².